The summed E-state index contributed by atoms with van der Waals surface area (Å²) in [4.78, 5) is 24.8. The van der Waals surface area contributed by atoms with Crippen molar-refractivity contribution in [1.29, 1.82) is 0 Å². The van der Waals surface area contributed by atoms with Gasteiger partial charge in [0.1, 0.15) is 0 Å². The molecule has 0 saturated carbocycles. The predicted octanol–water partition coefficient (Wildman–Crippen LogP) is 14.2. The van der Waals surface area contributed by atoms with Gasteiger partial charge in [0, 0.05) is 57.3 Å². The first-order valence-electron chi connectivity index (χ1n) is 20.1. The SMILES string of the molecule is c1ccc(N(c2ccccc2)c2ccc(-c3cc4nc5c6cccnc6c6ncccc6c5nc4cc3-c3ccc(N(c4ccccc4)c4ccccc4)cc3)cc2)cc1. The van der Waals surface area contributed by atoms with Gasteiger partial charge in [0.05, 0.1) is 33.1 Å². The number of pyridine rings is 2. The van der Waals surface area contributed by atoms with Crippen molar-refractivity contribution in [3.63, 3.8) is 0 Å². The Bertz CT molecular complexity index is 2980. The highest BCUT2D eigenvalue weighted by molar-refractivity contribution is 6.21. The fraction of sp³-hybridized carbons (Fsp3) is 0. The maximum atomic E-state index is 5.36. The Morgan fingerprint density at radius 2 is 0.600 bits per heavy atom. The molecule has 0 radical (unpaired) electrons. The molecule has 0 bridgehead atoms. The molecule has 6 heteroatoms. The van der Waals surface area contributed by atoms with Gasteiger partial charge in [-0.3, -0.25) is 9.97 Å². The number of anilines is 6. The molecule has 0 aliphatic carbocycles. The summed E-state index contributed by atoms with van der Waals surface area (Å²) in [6, 6.07) is 72.1. The summed E-state index contributed by atoms with van der Waals surface area (Å²) in [5.41, 5.74) is 15.7. The normalized spacial score (nSPS) is 11.3. The molecule has 0 aliphatic rings. The van der Waals surface area contributed by atoms with Gasteiger partial charge in [0.25, 0.3) is 0 Å². The van der Waals surface area contributed by atoms with Crippen molar-refractivity contribution >= 4 is 78.0 Å². The quantitative estimate of drug-likeness (QED) is 0.113. The Morgan fingerprint density at radius 1 is 0.283 bits per heavy atom. The van der Waals surface area contributed by atoms with Crippen LogP contribution in [0.25, 0.3) is 66.1 Å². The molecule has 0 aliphatic heterocycles. The monoisotopic (exact) mass is 768 g/mol. The van der Waals surface area contributed by atoms with Crippen LogP contribution in [0.1, 0.15) is 0 Å². The van der Waals surface area contributed by atoms with E-state index in [2.05, 4.69) is 204 Å². The smallest absolute Gasteiger partial charge is 0.0996 e. The van der Waals surface area contributed by atoms with E-state index < -0.39 is 0 Å². The van der Waals surface area contributed by atoms with Gasteiger partial charge in [-0.1, -0.05) is 97.1 Å². The van der Waals surface area contributed by atoms with Crippen LogP contribution in [0.3, 0.4) is 0 Å². The molecule has 11 aromatic rings. The van der Waals surface area contributed by atoms with Gasteiger partial charge >= 0.3 is 0 Å². The average molecular weight is 769 g/mol. The molecule has 3 aromatic heterocycles. The molecule has 11 rings (SSSR count). The molecule has 0 unspecified atom stereocenters. The van der Waals surface area contributed by atoms with Crippen molar-refractivity contribution in [2.24, 2.45) is 0 Å². The molecule has 0 atom stereocenters. The molecular weight excluding hydrogens is 733 g/mol. The van der Waals surface area contributed by atoms with E-state index in [1.807, 2.05) is 24.5 Å². The van der Waals surface area contributed by atoms with Crippen LogP contribution in [0.4, 0.5) is 34.1 Å². The highest BCUT2D eigenvalue weighted by atomic mass is 15.1. The Balaban J connectivity index is 1.10. The van der Waals surface area contributed by atoms with Crippen molar-refractivity contribution in [2.45, 2.75) is 0 Å². The average Bonchev–Trinajstić information content (AvgIpc) is 3.33. The van der Waals surface area contributed by atoms with Gasteiger partial charge in [-0.2, -0.15) is 0 Å². The Morgan fingerprint density at radius 3 is 0.933 bits per heavy atom. The number of para-hydroxylation sites is 4. The zero-order valence-electron chi connectivity index (χ0n) is 32.5. The van der Waals surface area contributed by atoms with Crippen LogP contribution in [0.5, 0.6) is 0 Å². The predicted molar refractivity (Wildman–Crippen MR) is 248 cm³/mol. The summed E-state index contributed by atoms with van der Waals surface area (Å²) in [6.45, 7) is 0. The van der Waals surface area contributed by atoms with Crippen LogP contribution in [-0.4, -0.2) is 19.9 Å². The van der Waals surface area contributed by atoms with E-state index in [1.165, 1.54) is 0 Å². The van der Waals surface area contributed by atoms with Gasteiger partial charge in [0.15, 0.2) is 0 Å². The van der Waals surface area contributed by atoms with Gasteiger partial charge < -0.3 is 9.80 Å². The zero-order chi connectivity index (χ0) is 39.8. The van der Waals surface area contributed by atoms with Gasteiger partial charge in [-0.05, 0) is 131 Å². The summed E-state index contributed by atoms with van der Waals surface area (Å²) in [5, 5.41) is 1.86. The third kappa shape index (κ3) is 6.24. The second-order valence-corrected chi connectivity index (χ2v) is 14.7. The van der Waals surface area contributed by atoms with E-state index >= 15 is 0 Å². The largest absolute Gasteiger partial charge is 0.311 e. The lowest BCUT2D eigenvalue weighted by Crippen LogP contribution is -2.09. The molecule has 0 N–H and O–H groups in total. The van der Waals surface area contributed by atoms with E-state index in [1.54, 1.807) is 0 Å². The number of hydrogen-bond donors (Lipinski definition) is 0. The fourth-order valence-corrected chi connectivity index (χ4v) is 8.31. The molecule has 6 nitrogen and oxygen atoms in total. The molecule has 282 valence electrons. The number of aromatic nitrogens is 4. The lowest BCUT2D eigenvalue weighted by Gasteiger charge is -2.26. The molecular formula is C54H36N6. The minimum atomic E-state index is 0.810. The van der Waals surface area contributed by atoms with Crippen molar-refractivity contribution in [2.75, 3.05) is 9.80 Å². The van der Waals surface area contributed by atoms with E-state index in [4.69, 9.17) is 19.9 Å². The van der Waals surface area contributed by atoms with Crippen molar-refractivity contribution in [3.8, 4) is 22.3 Å². The number of fused-ring (bicyclic) bond motifs is 7. The summed E-state index contributed by atoms with van der Waals surface area (Å²) < 4.78 is 0. The first-order valence-corrected chi connectivity index (χ1v) is 20.1. The van der Waals surface area contributed by atoms with Crippen molar-refractivity contribution in [3.05, 3.63) is 219 Å². The van der Waals surface area contributed by atoms with Crippen LogP contribution in [0.2, 0.25) is 0 Å². The Kier molecular flexibility index (Phi) is 8.71. The van der Waals surface area contributed by atoms with E-state index in [9.17, 15) is 0 Å². The van der Waals surface area contributed by atoms with Crippen LogP contribution < -0.4 is 9.80 Å². The van der Waals surface area contributed by atoms with E-state index in [0.717, 1.165) is 100 Å². The van der Waals surface area contributed by atoms with Gasteiger partial charge in [-0.25, -0.2) is 9.97 Å². The molecule has 60 heavy (non-hydrogen) atoms. The van der Waals surface area contributed by atoms with Gasteiger partial charge in [0.2, 0.25) is 0 Å². The highest BCUT2D eigenvalue weighted by Gasteiger charge is 2.19. The van der Waals surface area contributed by atoms with Crippen molar-refractivity contribution in [1.82, 2.24) is 19.9 Å². The minimum absolute atomic E-state index is 0.810. The first-order chi connectivity index (χ1) is 29.8. The zero-order valence-corrected chi connectivity index (χ0v) is 32.5. The lowest BCUT2D eigenvalue weighted by atomic mass is 9.93. The third-order valence-electron chi connectivity index (χ3n) is 11.1. The third-order valence-corrected chi connectivity index (χ3v) is 11.1. The topological polar surface area (TPSA) is 58.0 Å². The maximum absolute atomic E-state index is 5.36. The molecule has 3 heterocycles. The standard InChI is InChI=1S/C54H36N6/c1-5-15-39(16-6-1)59(40-17-7-2-8-18-40)43-29-25-37(26-30-43)47-35-49-50(58-54-46-24-14-34-56-52(46)51-45(53(54)57-49)23-13-33-55-51)36-48(47)38-27-31-44(32-28-38)60(41-19-9-3-10-20-41)42-21-11-4-12-22-42/h1-36H. The summed E-state index contributed by atoms with van der Waals surface area (Å²) in [7, 11) is 0. The number of nitrogens with zero attached hydrogens (tertiary/aromatic N) is 6. The minimum Gasteiger partial charge on any atom is -0.311 e. The lowest BCUT2D eigenvalue weighted by molar-refractivity contribution is 1.28. The molecule has 0 fully saturated rings. The van der Waals surface area contributed by atoms with E-state index in [-0.39, 0.29) is 0 Å². The molecule has 8 aromatic carbocycles. The number of rotatable bonds is 8. The van der Waals surface area contributed by atoms with Crippen molar-refractivity contribution < 1.29 is 0 Å². The van der Waals surface area contributed by atoms with Crippen LogP contribution in [0.15, 0.2) is 219 Å². The molecule has 0 amide bonds. The summed E-state index contributed by atoms with van der Waals surface area (Å²) in [5.74, 6) is 0. The van der Waals surface area contributed by atoms with Crippen LogP contribution in [0, 0.1) is 0 Å². The summed E-state index contributed by atoms with van der Waals surface area (Å²) in [6.07, 6.45) is 3.62. The second-order valence-electron chi connectivity index (χ2n) is 14.7. The molecule has 0 spiro atoms. The van der Waals surface area contributed by atoms with Crippen LogP contribution >= 0.6 is 0 Å². The summed E-state index contributed by atoms with van der Waals surface area (Å²) >= 11 is 0. The van der Waals surface area contributed by atoms with E-state index in [0.29, 0.717) is 0 Å². The van der Waals surface area contributed by atoms with Gasteiger partial charge in [-0.15, -0.1) is 0 Å². The second kappa shape index (κ2) is 14.9. The number of benzene rings is 8. The highest BCUT2D eigenvalue weighted by Crippen LogP contribution is 2.42. The number of hydrogen-bond acceptors (Lipinski definition) is 6. The molecule has 0 saturated heterocycles. The van der Waals surface area contributed by atoms with Crippen LogP contribution in [-0.2, 0) is 0 Å². The Hall–Kier alpha value is -8.22. The maximum Gasteiger partial charge on any atom is 0.0996 e. The fourth-order valence-electron chi connectivity index (χ4n) is 8.31. The Labute approximate surface area is 347 Å². The first kappa shape index (κ1) is 35.0.